The monoisotopic (exact) mass is 341 g/mol. The molecule has 1 aromatic rings. The maximum atomic E-state index is 12.1. The molecule has 4 nitrogen and oxygen atoms in total. The van der Waals surface area contributed by atoms with Gasteiger partial charge in [0.05, 0.1) is 19.8 Å². The predicted octanol–water partition coefficient (Wildman–Crippen LogP) is 2.30. The van der Waals surface area contributed by atoms with E-state index in [4.69, 9.17) is 9.47 Å². The number of amides is 1. The smallest absolute Gasteiger partial charge is 0.251 e. The van der Waals surface area contributed by atoms with Crippen LogP contribution in [0.5, 0.6) is 0 Å². The van der Waals surface area contributed by atoms with Crippen molar-refractivity contribution in [3.8, 4) is 0 Å². The topological polar surface area (TPSA) is 47.6 Å². The Hall–Kier alpha value is -0.910. The molecule has 0 bridgehead atoms. The van der Waals surface area contributed by atoms with Crippen molar-refractivity contribution in [3.63, 3.8) is 0 Å². The van der Waals surface area contributed by atoms with Gasteiger partial charge in [-0.1, -0.05) is 28.1 Å². The Labute approximate surface area is 128 Å². The molecular formula is C15H20BrNO3. The molecule has 1 amide bonds. The fourth-order valence-electron chi connectivity index (χ4n) is 2.21. The Bertz CT molecular complexity index is 453. The Balaban J connectivity index is 1.92. The highest BCUT2D eigenvalue weighted by atomic mass is 79.9. The van der Waals surface area contributed by atoms with Crippen molar-refractivity contribution in [1.82, 2.24) is 5.32 Å². The van der Waals surface area contributed by atoms with E-state index in [1.165, 1.54) is 5.56 Å². The standard InChI is InChI=1S/C15H20BrNO3/c1-15(2,9-11-3-5-12(16)6-4-11)17-14(18)13-10-19-7-8-20-13/h3-6,13H,7-10H2,1-2H3,(H,17,18)/t13-/m0/s1. The first-order valence-electron chi connectivity index (χ1n) is 6.72. The van der Waals surface area contributed by atoms with E-state index < -0.39 is 6.10 Å². The van der Waals surface area contributed by atoms with Crippen LogP contribution < -0.4 is 5.32 Å². The number of benzene rings is 1. The van der Waals surface area contributed by atoms with Crippen LogP contribution in [0.3, 0.4) is 0 Å². The van der Waals surface area contributed by atoms with Gasteiger partial charge in [0.15, 0.2) is 6.10 Å². The van der Waals surface area contributed by atoms with Crippen LogP contribution in [0.15, 0.2) is 28.7 Å². The molecule has 1 aromatic carbocycles. The van der Waals surface area contributed by atoms with Gasteiger partial charge in [-0.3, -0.25) is 4.79 Å². The summed E-state index contributed by atoms with van der Waals surface area (Å²) in [6.45, 7) is 5.39. The normalized spacial score (nSPS) is 19.6. The second-order valence-corrected chi connectivity index (χ2v) is 6.53. The van der Waals surface area contributed by atoms with Gasteiger partial charge < -0.3 is 14.8 Å². The summed E-state index contributed by atoms with van der Waals surface area (Å²) in [6.07, 6.45) is 0.271. The molecule has 2 rings (SSSR count). The lowest BCUT2D eigenvalue weighted by Crippen LogP contribution is -2.52. The van der Waals surface area contributed by atoms with Crippen LogP contribution in [0.2, 0.25) is 0 Å². The van der Waals surface area contributed by atoms with Crippen LogP contribution >= 0.6 is 15.9 Å². The number of rotatable bonds is 4. The van der Waals surface area contributed by atoms with Crippen LogP contribution in [-0.2, 0) is 20.7 Å². The fourth-order valence-corrected chi connectivity index (χ4v) is 2.47. The van der Waals surface area contributed by atoms with E-state index in [2.05, 4.69) is 33.4 Å². The van der Waals surface area contributed by atoms with E-state index in [9.17, 15) is 4.79 Å². The first kappa shape index (κ1) is 15.5. The summed E-state index contributed by atoms with van der Waals surface area (Å²) in [5, 5.41) is 3.03. The zero-order chi connectivity index (χ0) is 14.6. The SMILES string of the molecule is CC(C)(Cc1ccc(Br)cc1)NC(=O)[C@@H]1COCCO1. The molecule has 1 aliphatic rings. The predicted molar refractivity (Wildman–Crippen MR) is 80.6 cm³/mol. The maximum Gasteiger partial charge on any atom is 0.251 e. The third-order valence-corrected chi connectivity index (χ3v) is 3.66. The zero-order valence-electron chi connectivity index (χ0n) is 11.8. The molecule has 20 heavy (non-hydrogen) atoms. The number of halogens is 1. The van der Waals surface area contributed by atoms with E-state index in [-0.39, 0.29) is 11.4 Å². The van der Waals surface area contributed by atoms with Crippen LogP contribution in [-0.4, -0.2) is 37.4 Å². The summed E-state index contributed by atoms with van der Waals surface area (Å²) >= 11 is 3.42. The van der Waals surface area contributed by atoms with Crippen LogP contribution in [0, 0.1) is 0 Å². The Morgan fingerprint density at radius 3 is 2.65 bits per heavy atom. The molecule has 1 fully saturated rings. The van der Waals surface area contributed by atoms with Gasteiger partial charge in [0, 0.05) is 10.0 Å². The number of ether oxygens (including phenoxy) is 2. The lowest BCUT2D eigenvalue weighted by Gasteiger charge is -2.30. The molecule has 1 atom stereocenters. The summed E-state index contributed by atoms with van der Waals surface area (Å²) in [6, 6.07) is 8.12. The largest absolute Gasteiger partial charge is 0.376 e. The van der Waals surface area contributed by atoms with Crippen molar-refractivity contribution < 1.29 is 14.3 Å². The van der Waals surface area contributed by atoms with Gasteiger partial charge >= 0.3 is 0 Å². The van der Waals surface area contributed by atoms with Gasteiger partial charge in [-0.05, 0) is 38.0 Å². The van der Waals surface area contributed by atoms with Crippen molar-refractivity contribution in [3.05, 3.63) is 34.3 Å². The van der Waals surface area contributed by atoms with E-state index in [0.29, 0.717) is 19.8 Å². The lowest BCUT2D eigenvalue weighted by molar-refractivity contribution is -0.149. The fraction of sp³-hybridized carbons (Fsp3) is 0.533. The van der Waals surface area contributed by atoms with Gasteiger partial charge in [0.1, 0.15) is 0 Å². The highest BCUT2D eigenvalue weighted by molar-refractivity contribution is 9.10. The van der Waals surface area contributed by atoms with Crippen LogP contribution in [0.1, 0.15) is 19.4 Å². The average Bonchev–Trinajstić information content (AvgIpc) is 2.41. The van der Waals surface area contributed by atoms with Gasteiger partial charge in [-0.15, -0.1) is 0 Å². The minimum Gasteiger partial charge on any atom is -0.376 e. The molecule has 0 aromatic heterocycles. The van der Waals surface area contributed by atoms with Crippen molar-refractivity contribution in [2.75, 3.05) is 19.8 Å². The highest BCUT2D eigenvalue weighted by Gasteiger charge is 2.28. The molecular weight excluding hydrogens is 322 g/mol. The summed E-state index contributed by atoms with van der Waals surface area (Å²) in [7, 11) is 0. The van der Waals surface area contributed by atoms with Gasteiger partial charge in [-0.25, -0.2) is 0 Å². The molecule has 1 N–H and O–H groups in total. The minimum absolute atomic E-state index is 0.105. The summed E-state index contributed by atoms with van der Waals surface area (Å²) < 4.78 is 11.7. The Morgan fingerprint density at radius 2 is 2.05 bits per heavy atom. The van der Waals surface area contributed by atoms with Crippen LogP contribution in [0.25, 0.3) is 0 Å². The van der Waals surface area contributed by atoms with E-state index >= 15 is 0 Å². The second kappa shape index (κ2) is 6.70. The van der Waals surface area contributed by atoms with E-state index in [0.717, 1.165) is 10.9 Å². The van der Waals surface area contributed by atoms with Gasteiger partial charge in [0.2, 0.25) is 0 Å². The molecule has 110 valence electrons. The Kier molecular flexibility index (Phi) is 5.18. The number of hydrogen-bond donors (Lipinski definition) is 1. The van der Waals surface area contributed by atoms with Crippen LogP contribution in [0.4, 0.5) is 0 Å². The minimum atomic E-state index is -0.493. The lowest BCUT2D eigenvalue weighted by atomic mass is 9.94. The molecule has 5 heteroatoms. The quantitative estimate of drug-likeness (QED) is 0.913. The number of carbonyl (C=O) groups is 1. The van der Waals surface area contributed by atoms with Gasteiger partial charge in [0.25, 0.3) is 5.91 Å². The van der Waals surface area contributed by atoms with Crippen molar-refractivity contribution in [2.24, 2.45) is 0 Å². The zero-order valence-corrected chi connectivity index (χ0v) is 13.4. The molecule has 1 heterocycles. The van der Waals surface area contributed by atoms with E-state index in [1.807, 2.05) is 26.0 Å². The molecule has 0 spiro atoms. The number of carbonyl (C=O) groups excluding carboxylic acids is 1. The molecule has 1 aliphatic heterocycles. The first-order valence-corrected chi connectivity index (χ1v) is 7.51. The second-order valence-electron chi connectivity index (χ2n) is 5.61. The first-order chi connectivity index (χ1) is 9.46. The van der Waals surface area contributed by atoms with Crippen molar-refractivity contribution in [1.29, 1.82) is 0 Å². The van der Waals surface area contributed by atoms with E-state index in [1.54, 1.807) is 0 Å². The highest BCUT2D eigenvalue weighted by Crippen LogP contribution is 2.16. The number of hydrogen-bond acceptors (Lipinski definition) is 3. The third-order valence-electron chi connectivity index (χ3n) is 3.13. The Morgan fingerprint density at radius 1 is 1.35 bits per heavy atom. The summed E-state index contributed by atoms with van der Waals surface area (Å²) in [5.41, 5.74) is 0.852. The molecule has 0 aliphatic carbocycles. The molecule has 0 saturated carbocycles. The third kappa shape index (κ3) is 4.58. The maximum absolute atomic E-state index is 12.1. The van der Waals surface area contributed by atoms with Crippen molar-refractivity contribution >= 4 is 21.8 Å². The summed E-state index contributed by atoms with van der Waals surface area (Å²) in [5.74, 6) is -0.105. The number of nitrogens with one attached hydrogen (secondary N) is 1. The molecule has 1 saturated heterocycles. The van der Waals surface area contributed by atoms with Crippen molar-refractivity contribution in [2.45, 2.75) is 31.9 Å². The van der Waals surface area contributed by atoms with Gasteiger partial charge in [-0.2, -0.15) is 0 Å². The summed E-state index contributed by atoms with van der Waals surface area (Å²) in [4.78, 5) is 12.1. The molecule has 0 radical (unpaired) electrons. The average molecular weight is 342 g/mol. The molecule has 0 unspecified atom stereocenters.